The Hall–Kier alpha value is -0.820. The van der Waals surface area contributed by atoms with Crippen LogP contribution < -0.4 is 0 Å². The molecule has 0 aromatic heterocycles. The first kappa shape index (κ1) is 17.2. The lowest BCUT2D eigenvalue weighted by Gasteiger charge is -2.19. The van der Waals surface area contributed by atoms with Crippen LogP contribution in [0.1, 0.15) is 77.0 Å². The second-order valence-electron chi connectivity index (χ2n) is 6.51. The van der Waals surface area contributed by atoms with Gasteiger partial charge in [-0.2, -0.15) is 0 Å². The Morgan fingerprint density at radius 3 is 2.20 bits per heavy atom. The molecule has 0 amide bonds. The maximum atomic E-state index is 10.4. The van der Waals surface area contributed by atoms with E-state index in [-0.39, 0.29) is 6.10 Å². The molecule has 0 aliphatic rings. The topological polar surface area (TPSA) is 20.2 Å². The van der Waals surface area contributed by atoms with Gasteiger partial charge in [0.2, 0.25) is 0 Å². The fraction of sp³-hybridized carbons (Fsp3) is 0.684. The van der Waals surface area contributed by atoms with Crippen molar-refractivity contribution in [3.8, 4) is 0 Å². The van der Waals surface area contributed by atoms with Crippen LogP contribution in [0.4, 0.5) is 0 Å². The van der Waals surface area contributed by atoms with Crippen molar-refractivity contribution < 1.29 is 5.11 Å². The first-order valence-electron chi connectivity index (χ1n) is 8.33. The fourth-order valence-corrected chi connectivity index (χ4v) is 2.78. The third-order valence-electron chi connectivity index (χ3n) is 4.11. The average molecular weight is 276 g/mol. The summed E-state index contributed by atoms with van der Waals surface area (Å²) in [6, 6.07) is 8.56. The highest BCUT2D eigenvalue weighted by Gasteiger charge is 2.14. The molecule has 2 unspecified atom stereocenters. The van der Waals surface area contributed by atoms with Gasteiger partial charge < -0.3 is 5.11 Å². The highest BCUT2D eigenvalue weighted by atomic mass is 16.3. The van der Waals surface area contributed by atoms with E-state index in [0.717, 1.165) is 18.4 Å². The first-order valence-corrected chi connectivity index (χ1v) is 8.33. The van der Waals surface area contributed by atoms with Crippen LogP contribution in [0.3, 0.4) is 0 Å². The second kappa shape index (κ2) is 9.18. The molecule has 0 heterocycles. The second-order valence-corrected chi connectivity index (χ2v) is 6.51. The molecule has 0 fully saturated rings. The average Bonchev–Trinajstić information content (AvgIpc) is 2.43. The molecule has 1 rings (SSSR count). The lowest BCUT2D eigenvalue weighted by Crippen LogP contribution is -2.07. The minimum atomic E-state index is -0.301. The van der Waals surface area contributed by atoms with Crippen LogP contribution in [0.5, 0.6) is 0 Å². The number of aliphatic hydroxyl groups excluding tert-OH is 1. The van der Waals surface area contributed by atoms with E-state index in [2.05, 4.69) is 52.0 Å². The molecule has 0 bridgehead atoms. The molecule has 0 aliphatic carbocycles. The predicted octanol–water partition coefficient (Wildman–Crippen LogP) is 5.53. The molecule has 1 aromatic rings. The van der Waals surface area contributed by atoms with Gasteiger partial charge >= 0.3 is 0 Å². The molecule has 0 saturated carbocycles. The van der Waals surface area contributed by atoms with E-state index >= 15 is 0 Å². The van der Waals surface area contributed by atoms with Crippen molar-refractivity contribution in [1.82, 2.24) is 0 Å². The summed E-state index contributed by atoms with van der Waals surface area (Å²) < 4.78 is 0. The van der Waals surface area contributed by atoms with Gasteiger partial charge in [0.25, 0.3) is 0 Å². The molecule has 1 N–H and O–H groups in total. The van der Waals surface area contributed by atoms with Crippen LogP contribution in [0.2, 0.25) is 0 Å². The molecule has 20 heavy (non-hydrogen) atoms. The Morgan fingerprint density at radius 1 is 1.05 bits per heavy atom. The highest BCUT2D eigenvalue weighted by molar-refractivity contribution is 5.24. The zero-order valence-corrected chi connectivity index (χ0v) is 13.7. The van der Waals surface area contributed by atoms with Gasteiger partial charge in [-0.15, -0.1) is 0 Å². The van der Waals surface area contributed by atoms with E-state index in [4.69, 9.17) is 0 Å². The number of unbranched alkanes of at least 4 members (excludes halogenated alkanes) is 1. The Bertz CT molecular complexity index is 353. The molecule has 1 nitrogen and oxygen atoms in total. The maximum Gasteiger partial charge on any atom is 0.0792 e. The smallest absolute Gasteiger partial charge is 0.0792 e. The van der Waals surface area contributed by atoms with Gasteiger partial charge in [-0.25, -0.2) is 0 Å². The number of rotatable bonds is 9. The number of aliphatic hydroxyl groups is 1. The molecule has 0 radical (unpaired) electrons. The predicted molar refractivity (Wildman–Crippen MR) is 87.9 cm³/mol. The summed E-state index contributed by atoms with van der Waals surface area (Å²) in [5, 5.41) is 10.4. The van der Waals surface area contributed by atoms with Crippen molar-refractivity contribution >= 4 is 0 Å². The summed E-state index contributed by atoms with van der Waals surface area (Å²) in [4.78, 5) is 0. The monoisotopic (exact) mass is 276 g/mol. The van der Waals surface area contributed by atoms with E-state index < -0.39 is 0 Å². The molecule has 114 valence electrons. The maximum absolute atomic E-state index is 10.4. The lowest BCUT2D eigenvalue weighted by molar-refractivity contribution is 0.139. The molecule has 2 atom stereocenters. The lowest BCUT2D eigenvalue weighted by atomic mass is 9.90. The van der Waals surface area contributed by atoms with Crippen molar-refractivity contribution in [2.75, 3.05) is 0 Å². The fourth-order valence-electron chi connectivity index (χ4n) is 2.78. The molecule has 0 aliphatic heterocycles. The summed E-state index contributed by atoms with van der Waals surface area (Å²) >= 11 is 0. The molecule has 0 saturated heterocycles. The van der Waals surface area contributed by atoms with Gasteiger partial charge in [-0.1, -0.05) is 77.6 Å². The van der Waals surface area contributed by atoms with Gasteiger partial charge in [-0.05, 0) is 35.8 Å². The van der Waals surface area contributed by atoms with Crippen LogP contribution in [-0.2, 0) is 6.42 Å². The molecule has 1 heteroatoms. The molecular formula is C19H32O. The zero-order chi connectivity index (χ0) is 15.0. The first-order chi connectivity index (χ1) is 9.56. The molecule has 1 aromatic carbocycles. The van der Waals surface area contributed by atoms with Crippen LogP contribution in [0.25, 0.3) is 0 Å². The summed E-state index contributed by atoms with van der Waals surface area (Å²) in [6.07, 6.45) is 6.65. The van der Waals surface area contributed by atoms with Gasteiger partial charge in [0, 0.05) is 0 Å². The third-order valence-corrected chi connectivity index (χ3v) is 4.11. The number of benzene rings is 1. The Kier molecular flexibility index (Phi) is 7.91. The van der Waals surface area contributed by atoms with Crippen LogP contribution >= 0.6 is 0 Å². The van der Waals surface area contributed by atoms with Gasteiger partial charge in [0.1, 0.15) is 0 Å². The summed E-state index contributed by atoms with van der Waals surface area (Å²) in [7, 11) is 0. The Balaban J connectivity index is 2.55. The largest absolute Gasteiger partial charge is 0.388 e. The van der Waals surface area contributed by atoms with E-state index in [1.54, 1.807) is 0 Å². The summed E-state index contributed by atoms with van der Waals surface area (Å²) in [5.74, 6) is 1.34. The number of hydrogen-bond acceptors (Lipinski definition) is 1. The van der Waals surface area contributed by atoms with Crippen LogP contribution in [0, 0.1) is 11.8 Å². The van der Waals surface area contributed by atoms with Gasteiger partial charge in [0.15, 0.2) is 0 Å². The molecular weight excluding hydrogens is 244 g/mol. The Morgan fingerprint density at radius 2 is 1.70 bits per heavy atom. The normalized spacial score (nSPS) is 14.5. The minimum Gasteiger partial charge on any atom is -0.388 e. The number of hydrogen-bond donors (Lipinski definition) is 1. The van der Waals surface area contributed by atoms with Crippen molar-refractivity contribution in [1.29, 1.82) is 0 Å². The van der Waals surface area contributed by atoms with Crippen LogP contribution in [0.15, 0.2) is 24.3 Å². The standard InChI is InChI=1S/C19H32O/c1-5-7-8-16(6-2)14-19(20)18-11-9-17(10-12-18)13-15(3)4/h9-12,15-16,19-20H,5-8,13-14H2,1-4H3. The van der Waals surface area contributed by atoms with Crippen molar-refractivity contribution in [2.24, 2.45) is 11.8 Å². The van der Waals surface area contributed by atoms with E-state index in [1.165, 1.54) is 31.2 Å². The van der Waals surface area contributed by atoms with Gasteiger partial charge in [-0.3, -0.25) is 0 Å². The van der Waals surface area contributed by atoms with E-state index in [9.17, 15) is 5.11 Å². The summed E-state index contributed by atoms with van der Waals surface area (Å²) in [6.45, 7) is 8.94. The van der Waals surface area contributed by atoms with E-state index in [1.807, 2.05) is 0 Å². The van der Waals surface area contributed by atoms with Crippen molar-refractivity contribution in [2.45, 2.75) is 72.3 Å². The Labute approximate surface area is 125 Å². The third kappa shape index (κ3) is 6.09. The highest BCUT2D eigenvalue weighted by Crippen LogP contribution is 2.27. The van der Waals surface area contributed by atoms with Crippen LogP contribution in [-0.4, -0.2) is 5.11 Å². The van der Waals surface area contributed by atoms with Crippen molar-refractivity contribution in [3.63, 3.8) is 0 Å². The SMILES string of the molecule is CCCCC(CC)CC(O)c1ccc(CC(C)C)cc1. The van der Waals surface area contributed by atoms with E-state index in [0.29, 0.717) is 11.8 Å². The van der Waals surface area contributed by atoms with Crippen molar-refractivity contribution in [3.05, 3.63) is 35.4 Å². The molecule has 0 spiro atoms. The summed E-state index contributed by atoms with van der Waals surface area (Å²) in [5.41, 5.74) is 2.45. The van der Waals surface area contributed by atoms with Gasteiger partial charge in [0.05, 0.1) is 6.10 Å². The quantitative estimate of drug-likeness (QED) is 0.629. The minimum absolute atomic E-state index is 0.301. The zero-order valence-electron chi connectivity index (χ0n) is 13.7.